The maximum absolute atomic E-state index is 2.48. The lowest BCUT2D eigenvalue weighted by Crippen LogP contribution is -1.98. The van der Waals surface area contributed by atoms with Crippen molar-refractivity contribution in [2.45, 2.75) is 9.79 Å². The molecule has 1 aliphatic heterocycles. The summed E-state index contributed by atoms with van der Waals surface area (Å²) in [6.45, 7) is 0. The van der Waals surface area contributed by atoms with E-state index in [2.05, 4.69) is 168 Å². The topological polar surface area (TPSA) is 4.93 Å². The van der Waals surface area contributed by atoms with Crippen LogP contribution in [-0.4, -0.2) is 4.57 Å². The van der Waals surface area contributed by atoms with E-state index in [0.29, 0.717) is 0 Å². The highest BCUT2D eigenvalue weighted by Gasteiger charge is 2.20. The zero-order valence-corrected chi connectivity index (χ0v) is 25.8. The number of hydrogen-bond acceptors (Lipinski definition) is 1. The fourth-order valence-corrected chi connectivity index (χ4v) is 8.63. The molecule has 0 bridgehead atoms. The molecule has 0 fully saturated rings. The van der Waals surface area contributed by atoms with Crippen LogP contribution in [-0.2, 0) is 0 Å². The molecule has 46 heavy (non-hydrogen) atoms. The third-order valence-corrected chi connectivity index (χ3v) is 10.7. The average Bonchev–Trinajstić information content (AvgIpc) is 3.47. The molecular weight excluding hydrogens is 575 g/mol. The molecule has 0 saturated heterocycles. The zero-order valence-electron chi connectivity index (χ0n) is 24.9. The van der Waals surface area contributed by atoms with Gasteiger partial charge in [-0.3, -0.25) is 0 Å². The Bertz CT molecular complexity index is 2670. The van der Waals surface area contributed by atoms with Crippen molar-refractivity contribution in [3.8, 4) is 39.1 Å². The van der Waals surface area contributed by atoms with Crippen molar-refractivity contribution in [1.29, 1.82) is 0 Å². The van der Waals surface area contributed by atoms with E-state index in [1.165, 1.54) is 92.2 Å². The Hall–Kier alpha value is -5.57. The van der Waals surface area contributed by atoms with Crippen LogP contribution in [0.5, 0.6) is 0 Å². The summed E-state index contributed by atoms with van der Waals surface area (Å²) in [4.78, 5) is 2.65. The monoisotopic (exact) mass is 601 g/mol. The Morgan fingerprint density at radius 2 is 1.11 bits per heavy atom. The molecule has 0 radical (unpaired) electrons. The minimum Gasteiger partial charge on any atom is -0.308 e. The summed E-state index contributed by atoms with van der Waals surface area (Å²) in [5.41, 5.74) is 11.2. The lowest BCUT2D eigenvalue weighted by atomic mass is 9.93. The quantitative estimate of drug-likeness (QED) is 0.195. The molecule has 0 aliphatic carbocycles. The molecule has 9 aromatic rings. The van der Waals surface area contributed by atoms with Gasteiger partial charge in [0.1, 0.15) is 0 Å². The molecule has 1 aromatic heterocycles. The maximum Gasteiger partial charge on any atom is 0.0619 e. The first-order chi connectivity index (χ1) is 22.8. The second kappa shape index (κ2) is 9.97. The van der Waals surface area contributed by atoms with Crippen LogP contribution in [0.3, 0.4) is 0 Å². The lowest BCUT2D eigenvalue weighted by Gasteiger charge is -2.21. The van der Waals surface area contributed by atoms with Crippen molar-refractivity contribution in [3.05, 3.63) is 164 Å². The number of aromatic nitrogens is 1. The van der Waals surface area contributed by atoms with E-state index in [1.54, 1.807) is 0 Å². The highest BCUT2D eigenvalue weighted by atomic mass is 32.2. The van der Waals surface area contributed by atoms with Gasteiger partial charge in [-0.1, -0.05) is 139 Å². The summed E-state index contributed by atoms with van der Waals surface area (Å²) in [5.74, 6) is 0. The van der Waals surface area contributed by atoms with Gasteiger partial charge in [0.05, 0.1) is 16.7 Å². The van der Waals surface area contributed by atoms with Crippen LogP contribution in [0.2, 0.25) is 0 Å². The summed E-state index contributed by atoms with van der Waals surface area (Å²) in [6.07, 6.45) is 0. The number of nitrogens with zero attached hydrogens (tertiary/aromatic N) is 1. The van der Waals surface area contributed by atoms with Gasteiger partial charge in [-0.25, -0.2) is 0 Å². The van der Waals surface area contributed by atoms with Crippen molar-refractivity contribution in [3.63, 3.8) is 0 Å². The van der Waals surface area contributed by atoms with Gasteiger partial charge in [-0.15, -0.1) is 0 Å². The van der Waals surface area contributed by atoms with E-state index in [4.69, 9.17) is 0 Å². The Labute approximate surface area is 271 Å². The van der Waals surface area contributed by atoms with Crippen LogP contribution in [0, 0.1) is 0 Å². The Kier molecular flexibility index (Phi) is 5.58. The Morgan fingerprint density at radius 1 is 0.391 bits per heavy atom. The van der Waals surface area contributed by atoms with E-state index in [1.807, 2.05) is 11.8 Å². The predicted octanol–water partition coefficient (Wildman–Crippen LogP) is 12.6. The molecule has 0 unspecified atom stereocenters. The van der Waals surface area contributed by atoms with Gasteiger partial charge in [0.25, 0.3) is 0 Å². The Balaban J connectivity index is 1.16. The third-order valence-electron chi connectivity index (χ3n) is 9.57. The van der Waals surface area contributed by atoms with E-state index in [0.717, 1.165) is 0 Å². The van der Waals surface area contributed by atoms with Crippen LogP contribution in [0.25, 0.3) is 82.4 Å². The molecule has 0 amide bonds. The molecule has 10 rings (SSSR count). The first-order valence-electron chi connectivity index (χ1n) is 15.8. The standard InChI is InChI=1S/C44H27NS/c1-2-16-34-28(10-1)22-24-37-35-17-4-6-20-40(35)45(44(34)37)39-19-5-3-15-33(39)32-14-7-13-30(26-32)31-23-25-41-38(27-31)36-18-8-11-29-12-9-21-42(46-41)43(29)36/h1-27H. The van der Waals surface area contributed by atoms with Crippen LogP contribution in [0.15, 0.2) is 174 Å². The van der Waals surface area contributed by atoms with Crippen LogP contribution in [0.4, 0.5) is 0 Å². The molecule has 2 heterocycles. The fourth-order valence-electron chi connectivity index (χ4n) is 7.50. The van der Waals surface area contributed by atoms with Crippen LogP contribution >= 0.6 is 11.8 Å². The largest absolute Gasteiger partial charge is 0.308 e. The van der Waals surface area contributed by atoms with Crippen LogP contribution < -0.4 is 0 Å². The Morgan fingerprint density at radius 3 is 2.07 bits per heavy atom. The van der Waals surface area contributed by atoms with Gasteiger partial charge in [0.2, 0.25) is 0 Å². The first kappa shape index (κ1) is 25.7. The van der Waals surface area contributed by atoms with Gasteiger partial charge in [0.15, 0.2) is 0 Å². The van der Waals surface area contributed by atoms with Gasteiger partial charge in [0, 0.05) is 36.9 Å². The highest BCUT2D eigenvalue weighted by molar-refractivity contribution is 7.99. The van der Waals surface area contributed by atoms with Gasteiger partial charge >= 0.3 is 0 Å². The molecule has 1 aliphatic rings. The summed E-state index contributed by atoms with van der Waals surface area (Å²) in [7, 11) is 0. The number of benzene rings is 8. The predicted molar refractivity (Wildman–Crippen MR) is 196 cm³/mol. The van der Waals surface area contributed by atoms with Crippen molar-refractivity contribution >= 4 is 55.1 Å². The van der Waals surface area contributed by atoms with Crippen LogP contribution in [0.1, 0.15) is 0 Å². The maximum atomic E-state index is 2.48. The summed E-state index contributed by atoms with van der Waals surface area (Å²) in [5, 5.41) is 7.73. The van der Waals surface area contributed by atoms with E-state index in [9.17, 15) is 0 Å². The van der Waals surface area contributed by atoms with Crippen molar-refractivity contribution in [2.75, 3.05) is 0 Å². The van der Waals surface area contributed by atoms with E-state index < -0.39 is 0 Å². The fraction of sp³-hybridized carbons (Fsp3) is 0. The molecule has 0 N–H and O–H groups in total. The summed E-state index contributed by atoms with van der Waals surface area (Å²) >= 11 is 1.88. The second-order valence-electron chi connectivity index (χ2n) is 12.1. The molecule has 8 aromatic carbocycles. The van der Waals surface area contributed by atoms with E-state index >= 15 is 0 Å². The normalized spacial score (nSPS) is 12.3. The molecular formula is C44H27NS. The molecule has 0 atom stereocenters. The minimum atomic E-state index is 1.19. The third kappa shape index (κ3) is 3.77. The van der Waals surface area contributed by atoms with Crippen molar-refractivity contribution < 1.29 is 0 Å². The van der Waals surface area contributed by atoms with Crippen molar-refractivity contribution in [2.24, 2.45) is 0 Å². The molecule has 0 spiro atoms. The average molecular weight is 602 g/mol. The van der Waals surface area contributed by atoms with Gasteiger partial charge < -0.3 is 4.57 Å². The van der Waals surface area contributed by atoms with E-state index in [-0.39, 0.29) is 0 Å². The molecule has 1 nitrogen and oxygen atoms in total. The second-order valence-corrected chi connectivity index (χ2v) is 13.2. The number of fused-ring (bicyclic) bond motifs is 7. The lowest BCUT2D eigenvalue weighted by molar-refractivity contribution is 1.19. The molecule has 2 heteroatoms. The minimum absolute atomic E-state index is 1.19. The highest BCUT2D eigenvalue weighted by Crippen LogP contribution is 2.49. The number of rotatable bonds is 3. The SMILES string of the molecule is c1cc(-c2ccc3c(c2)-c2cccc4cccc(c24)S3)cc(-c2ccccc2-n2c3ccccc3c3ccc4ccccc4c32)c1. The molecule has 0 saturated carbocycles. The summed E-state index contributed by atoms with van der Waals surface area (Å²) in [6, 6.07) is 60.2. The number of para-hydroxylation sites is 2. The van der Waals surface area contributed by atoms with Crippen molar-refractivity contribution in [1.82, 2.24) is 4.57 Å². The summed E-state index contributed by atoms with van der Waals surface area (Å²) < 4.78 is 2.48. The zero-order chi connectivity index (χ0) is 30.2. The van der Waals surface area contributed by atoms with Gasteiger partial charge in [-0.2, -0.15) is 0 Å². The number of hydrogen-bond donors (Lipinski definition) is 0. The molecule has 214 valence electrons. The first-order valence-corrected chi connectivity index (χ1v) is 16.6. The van der Waals surface area contributed by atoms with Gasteiger partial charge in [-0.05, 0) is 75.0 Å². The smallest absolute Gasteiger partial charge is 0.0619 e.